The number of fused-ring (bicyclic) bond motifs is 2. The molecular weight excluding hydrogens is 112 g/mol. The zero-order chi connectivity index (χ0) is 6.48. The molecule has 2 aliphatic heterocycles. The predicted octanol–water partition coefficient (Wildman–Crippen LogP) is 1.87. The van der Waals surface area contributed by atoms with Crippen molar-refractivity contribution in [3.8, 4) is 0 Å². The van der Waals surface area contributed by atoms with Gasteiger partial charge in [0.2, 0.25) is 0 Å². The van der Waals surface area contributed by atoms with Crippen LogP contribution in [0.15, 0.2) is 24.0 Å². The molecule has 0 spiro atoms. The maximum Gasteiger partial charge on any atom is 0.126 e. The quantitative estimate of drug-likeness (QED) is 0.476. The first-order valence-electron chi connectivity index (χ1n) is 3.26. The molecule has 2 aliphatic rings. The maximum absolute atomic E-state index is 5.44. The second kappa shape index (κ2) is 1.23. The van der Waals surface area contributed by atoms with E-state index in [1.54, 1.807) is 0 Å². The average Bonchev–Trinajstić information content (AvgIpc) is 2.19. The molecule has 0 aromatic heterocycles. The number of allylic oxidation sites excluding steroid dienone is 1. The van der Waals surface area contributed by atoms with Crippen LogP contribution < -0.4 is 0 Å². The van der Waals surface area contributed by atoms with Crippen LogP contribution in [0.25, 0.3) is 0 Å². The number of rotatable bonds is 0. The molecule has 2 bridgehead atoms. The van der Waals surface area contributed by atoms with Crippen LogP contribution in [0.5, 0.6) is 0 Å². The third-order valence-electron chi connectivity index (χ3n) is 1.95. The van der Waals surface area contributed by atoms with Crippen molar-refractivity contribution in [3.63, 3.8) is 0 Å². The Morgan fingerprint density at radius 3 is 2.56 bits per heavy atom. The van der Waals surface area contributed by atoms with Gasteiger partial charge in [-0.25, -0.2) is 0 Å². The van der Waals surface area contributed by atoms with E-state index in [4.69, 9.17) is 4.74 Å². The number of hydrogen-bond acceptors (Lipinski definition) is 1. The summed E-state index contributed by atoms with van der Waals surface area (Å²) in [4.78, 5) is 0. The van der Waals surface area contributed by atoms with E-state index >= 15 is 0 Å². The topological polar surface area (TPSA) is 9.23 Å². The van der Waals surface area contributed by atoms with Crippen molar-refractivity contribution >= 4 is 0 Å². The van der Waals surface area contributed by atoms with Gasteiger partial charge in [0.25, 0.3) is 0 Å². The Hall–Kier alpha value is -0.720. The molecule has 0 amide bonds. The lowest BCUT2D eigenvalue weighted by Gasteiger charge is -2.19. The van der Waals surface area contributed by atoms with Crippen molar-refractivity contribution in [2.75, 3.05) is 0 Å². The molecular formula is C8H10O. The Bertz CT molecular complexity index is 199. The van der Waals surface area contributed by atoms with E-state index in [2.05, 4.69) is 26.0 Å². The summed E-state index contributed by atoms with van der Waals surface area (Å²) in [6.45, 7) is 4.38. The lowest BCUT2D eigenvalue weighted by molar-refractivity contribution is 0.139. The highest BCUT2D eigenvalue weighted by Gasteiger charge is 2.36. The molecule has 1 atom stereocenters. The molecule has 2 heterocycles. The van der Waals surface area contributed by atoms with Crippen molar-refractivity contribution in [3.05, 3.63) is 24.0 Å². The average molecular weight is 122 g/mol. The van der Waals surface area contributed by atoms with E-state index < -0.39 is 0 Å². The van der Waals surface area contributed by atoms with Crippen LogP contribution in [0.2, 0.25) is 0 Å². The van der Waals surface area contributed by atoms with Gasteiger partial charge < -0.3 is 4.74 Å². The van der Waals surface area contributed by atoms with Gasteiger partial charge in [-0.3, -0.25) is 0 Å². The van der Waals surface area contributed by atoms with Crippen LogP contribution in [0.3, 0.4) is 0 Å². The van der Waals surface area contributed by atoms with Crippen molar-refractivity contribution in [2.45, 2.75) is 20.0 Å². The minimum Gasteiger partial charge on any atom is -0.486 e. The third kappa shape index (κ3) is 0.546. The van der Waals surface area contributed by atoms with Crippen LogP contribution in [-0.2, 0) is 4.74 Å². The Morgan fingerprint density at radius 2 is 2.33 bits per heavy atom. The maximum atomic E-state index is 5.44. The first kappa shape index (κ1) is 5.10. The molecule has 0 radical (unpaired) electrons. The summed E-state index contributed by atoms with van der Waals surface area (Å²) in [6, 6.07) is 0. The highest BCUT2D eigenvalue weighted by molar-refractivity contribution is 5.31. The summed E-state index contributed by atoms with van der Waals surface area (Å²) < 4.78 is 5.44. The van der Waals surface area contributed by atoms with E-state index in [0.717, 1.165) is 5.76 Å². The van der Waals surface area contributed by atoms with Crippen LogP contribution >= 0.6 is 0 Å². The summed E-state index contributed by atoms with van der Waals surface area (Å²) in [5.74, 6) is 1.05. The SMILES string of the molecule is CC1(C)C=C2C=CC1O2. The monoisotopic (exact) mass is 122 g/mol. The largest absolute Gasteiger partial charge is 0.486 e. The molecule has 0 saturated heterocycles. The van der Waals surface area contributed by atoms with Gasteiger partial charge in [0, 0.05) is 5.41 Å². The van der Waals surface area contributed by atoms with E-state index in [9.17, 15) is 0 Å². The Balaban J connectivity index is 2.43. The molecule has 0 fully saturated rings. The summed E-state index contributed by atoms with van der Waals surface area (Å²) >= 11 is 0. The van der Waals surface area contributed by atoms with E-state index in [-0.39, 0.29) is 5.41 Å². The van der Waals surface area contributed by atoms with Crippen molar-refractivity contribution in [1.29, 1.82) is 0 Å². The normalized spacial score (nSPS) is 34.4. The fourth-order valence-electron chi connectivity index (χ4n) is 1.34. The third-order valence-corrected chi connectivity index (χ3v) is 1.95. The highest BCUT2D eigenvalue weighted by Crippen LogP contribution is 2.39. The fraction of sp³-hybridized carbons (Fsp3) is 0.500. The van der Waals surface area contributed by atoms with E-state index in [0.29, 0.717) is 6.10 Å². The zero-order valence-corrected chi connectivity index (χ0v) is 5.72. The summed E-state index contributed by atoms with van der Waals surface area (Å²) in [5, 5.41) is 0. The molecule has 48 valence electrons. The smallest absolute Gasteiger partial charge is 0.126 e. The van der Waals surface area contributed by atoms with Gasteiger partial charge in [0.05, 0.1) is 0 Å². The van der Waals surface area contributed by atoms with Gasteiger partial charge >= 0.3 is 0 Å². The summed E-state index contributed by atoms with van der Waals surface area (Å²) in [5.41, 5.74) is 0.240. The van der Waals surface area contributed by atoms with Gasteiger partial charge in [0.1, 0.15) is 11.9 Å². The van der Waals surface area contributed by atoms with E-state index in [1.165, 1.54) is 0 Å². The van der Waals surface area contributed by atoms with Crippen LogP contribution in [0, 0.1) is 5.41 Å². The van der Waals surface area contributed by atoms with E-state index in [1.807, 2.05) is 6.08 Å². The first-order valence-corrected chi connectivity index (χ1v) is 3.26. The van der Waals surface area contributed by atoms with Crippen LogP contribution in [0.1, 0.15) is 13.8 Å². The summed E-state index contributed by atoms with van der Waals surface area (Å²) in [6.07, 6.45) is 6.65. The molecule has 1 unspecified atom stereocenters. The van der Waals surface area contributed by atoms with Gasteiger partial charge in [-0.15, -0.1) is 0 Å². The molecule has 0 aliphatic carbocycles. The van der Waals surface area contributed by atoms with Gasteiger partial charge in [-0.05, 0) is 18.2 Å². The van der Waals surface area contributed by atoms with Crippen molar-refractivity contribution in [1.82, 2.24) is 0 Å². The van der Waals surface area contributed by atoms with Crippen LogP contribution in [-0.4, -0.2) is 6.10 Å². The minimum atomic E-state index is 0.240. The standard InChI is InChI=1S/C8H10O/c1-8(2)5-6-3-4-7(8)9-6/h3-5,7H,1-2H3. The molecule has 9 heavy (non-hydrogen) atoms. The molecule has 1 heteroatoms. The Labute approximate surface area is 55.0 Å². The van der Waals surface area contributed by atoms with Gasteiger partial charge in [-0.2, -0.15) is 0 Å². The molecule has 0 aromatic carbocycles. The lowest BCUT2D eigenvalue weighted by atomic mass is 9.85. The van der Waals surface area contributed by atoms with Gasteiger partial charge in [0.15, 0.2) is 0 Å². The Morgan fingerprint density at radius 1 is 1.56 bits per heavy atom. The number of ether oxygens (including phenoxy) is 1. The first-order chi connectivity index (χ1) is 4.18. The fourth-order valence-corrected chi connectivity index (χ4v) is 1.34. The molecule has 0 N–H and O–H groups in total. The summed E-state index contributed by atoms with van der Waals surface area (Å²) in [7, 11) is 0. The lowest BCUT2D eigenvalue weighted by Crippen LogP contribution is -2.21. The van der Waals surface area contributed by atoms with Crippen molar-refractivity contribution < 1.29 is 4.74 Å². The zero-order valence-electron chi connectivity index (χ0n) is 5.72. The minimum absolute atomic E-state index is 0.240. The van der Waals surface area contributed by atoms with Crippen LogP contribution in [0.4, 0.5) is 0 Å². The second-order valence-corrected chi connectivity index (χ2v) is 3.27. The molecule has 0 saturated carbocycles. The molecule has 1 nitrogen and oxygen atoms in total. The molecule has 0 aromatic rings. The number of hydrogen-bond donors (Lipinski definition) is 0. The predicted molar refractivity (Wildman–Crippen MR) is 35.9 cm³/mol. The Kier molecular flexibility index (Phi) is 0.696. The molecule has 2 rings (SSSR count). The van der Waals surface area contributed by atoms with Gasteiger partial charge in [-0.1, -0.05) is 13.8 Å². The van der Waals surface area contributed by atoms with Crippen molar-refractivity contribution in [2.24, 2.45) is 5.41 Å². The second-order valence-electron chi connectivity index (χ2n) is 3.27. The highest BCUT2D eigenvalue weighted by atomic mass is 16.5.